The Balaban J connectivity index is 2.28. The van der Waals surface area contributed by atoms with Gasteiger partial charge in [-0.25, -0.2) is 0 Å². The molecule has 96 valence electrons. The number of carbonyl (C=O) groups is 2. The highest BCUT2D eigenvalue weighted by molar-refractivity contribution is 6.02. The minimum absolute atomic E-state index is 0.0337. The zero-order chi connectivity index (χ0) is 13.6. The number of rotatable bonds is 2. The van der Waals surface area contributed by atoms with Crippen LogP contribution in [0.4, 0.5) is 0 Å². The molecule has 1 aliphatic carbocycles. The van der Waals surface area contributed by atoms with Gasteiger partial charge in [-0.2, -0.15) is 0 Å². The van der Waals surface area contributed by atoms with Crippen molar-refractivity contribution >= 4 is 22.7 Å². The van der Waals surface area contributed by atoms with Gasteiger partial charge in [0, 0.05) is 12.8 Å². The van der Waals surface area contributed by atoms with Crippen molar-refractivity contribution in [1.82, 2.24) is 0 Å². The second-order valence-electron chi connectivity index (χ2n) is 4.98. The highest BCUT2D eigenvalue weighted by Gasteiger charge is 2.49. The summed E-state index contributed by atoms with van der Waals surface area (Å²) in [7, 11) is 0. The molecule has 1 aliphatic rings. The van der Waals surface area contributed by atoms with E-state index in [1.807, 2.05) is 36.4 Å². The molecule has 0 amide bonds. The molecule has 0 atom stereocenters. The second kappa shape index (κ2) is 3.82. The Hall–Kier alpha value is -2.36. The van der Waals surface area contributed by atoms with Crippen molar-refractivity contribution in [3.63, 3.8) is 0 Å². The normalized spacial score (nSPS) is 16.2. The molecule has 0 fully saturated rings. The van der Waals surface area contributed by atoms with Crippen LogP contribution in [0.2, 0.25) is 0 Å². The van der Waals surface area contributed by atoms with E-state index in [1.165, 1.54) is 0 Å². The monoisotopic (exact) mass is 256 g/mol. The van der Waals surface area contributed by atoms with E-state index in [0.717, 1.165) is 21.9 Å². The van der Waals surface area contributed by atoms with Gasteiger partial charge >= 0.3 is 11.9 Å². The molecular formula is C15H12O4. The molecule has 19 heavy (non-hydrogen) atoms. The summed E-state index contributed by atoms with van der Waals surface area (Å²) in [5.74, 6) is -2.54. The maximum atomic E-state index is 11.5. The molecule has 2 N–H and O–H groups in total. The Morgan fingerprint density at radius 1 is 0.895 bits per heavy atom. The molecule has 2 aromatic carbocycles. The summed E-state index contributed by atoms with van der Waals surface area (Å²) < 4.78 is 0. The van der Waals surface area contributed by atoms with Gasteiger partial charge in [0.05, 0.1) is 0 Å². The first kappa shape index (κ1) is 11.7. The lowest BCUT2D eigenvalue weighted by molar-refractivity contribution is -0.164. The number of carboxylic acids is 2. The Morgan fingerprint density at radius 2 is 1.37 bits per heavy atom. The lowest BCUT2D eigenvalue weighted by Crippen LogP contribution is -2.44. The molecule has 0 spiro atoms. The topological polar surface area (TPSA) is 74.6 Å². The van der Waals surface area contributed by atoms with Gasteiger partial charge < -0.3 is 10.2 Å². The van der Waals surface area contributed by atoms with Crippen LogP contribution in [0.25, 0.3) is 10.8 Å². The summed E-state index contributed by atoms with van der Waals surface area (Å²) in [4.78, 5) is 22.9. The summed E-state index contributed by atoms with van der Waals surface area (Å²) >= 11 is 0. The lowest BCUT2D eigenvalue weighted by Gasteiger charge is -2.30. The molecule has 0 bridgehead atoms. The predicted octanol–water partition coefficient (Wildman–Crippen LogP) is 2.09. The van der Waals surface area contributed by atoms with Crippen LogP contribution >= 0.6 is 0 Å². The van der Waals surface area contributed by atoms with Gasteiger partial charge in [-0.1, -0.05) is 36.4 Å². The fourth-order valence-electron chi connectivity index (χ4n) is 2.90. The third kappa shape index (κ3) is 1.53. The molecule has 0 radical (unpaired) electrons. The highest BCUT2D eigenvalue weighted by atomic mass is 16.4. The average Bonchev–Trinajstić information content (AvgIpc) is 2.38. The molecule has 0 unspecified atom stereocenters. The molecular weight excluding hydrogens is 244 g/mol. The number of hydrogen-bond donors (Lipinski definition) is 2. The lowest BCUT2D eigenvalue weighted by atomic mass is 9.70. The zero-order valence-electron chi connectivity index (χ0n) is 10.1. The summed E-state index contributed by atoms with van der Waals surface area (Å²) in [5.41, 5.74) is -0.156. The summed E-state index contributed by atoms with van der Waals surface area (Å²) in [6, 6.07) is 11.2. The van der Waals surface area contributed by atoms with Crippen LogP contribution < -0.4 is 0 Å². The maximum absolute atomic E-state index is 11.5. The molecule has 0 aromatic heterocycles. The van der Waals surface area contributed by atoms with Crippen LogP contribution in [0.1, 0.15) is 11.1 Å². The van der Waals surface area contributed by atoms with Crippen molar-refractivity contribution in [2.75, 3.05) is 0 Å². The average molecular weight is 256 g/mol. The van der Waals surface area contributed by atoms with Crippen molar-refractivity contribution < 1.29 is 19.8 Å². The van der Waals surface area contributed by atoms with E-state index < -0.39 is 17.4 Å². The van der Waals surface area contributed by atoms with Crippen molar-refractivity contribution in [2.45, 2.75) is 12.8 Å². The van der Waals surface area contributed by atoms with Gasteiger partial charge in [-0.05, 0) is 21.9 Å². The van der Waals surface area contributed by atoms with E-state index in [0.29, 0.717) is 0 Å². The van der Waals surface area contributed by atoms with E-state index in [4.69, 9.17) is 0 Å². The molecule has 0 heterocycles. The maximum Gasteiger partial charge on any atom is 0.321 e. The predicted molar refractivity (Wildman–Crippen MR) is 69.1 cm³/mol. The summed E-state index contributed by atoms with van der Waals surface area (Å²) in [6.07, 6.45) is 0.0675. The van der Waals surface area contributed by atoms with E-state index in [9.17, 15) is 19.8 Å². The quantitative estimate of drug-likeness (QED) is 0.807. The SMILES string of the molecule is O=C(O)C1(C(=O)O)Cc2cccc3cccc(c23)C1. The molecule has 3 rings (SSSR count). The fourth-order valence-corrected chi connectivity index (χ4v) is 2.90. The summed E-state index contributed by atoms with van der Waals surface area (Å²) in [5, 5.41) is 20.7. The first-order chi connectivity index (χ1) is 9.04. The van der Waals surface area contributed by atoms with E-state index >= 15 is 0 Å². The van der Waals surface area contributed by atoms with Gasteiger partial charge in [-0.15, -0.1) is 0 Å². The highest BCUT2D eigenvalue weighted by Crippen LogP contribution is 2.39. The number of carboxylic acid groups (broad SMARTS) is 2. The first-order valence-corrected chi connectivity index (χ1v) is 6.01. The Labute approximate surface area is 109 Å². The van der Waals surface area contributed by atoms with Crippen molar-refractivity contribution in [2.24, 2.45) is 5.41 Å². The molecule has 0 saturated carbocycles. The van der Waals surface area contributed by atoms with Gasteiger partial charge in [0.1, 0.15) is 0 Å². The van der Waals surface area contributed by atoms with Crippen molar-refractivity contribution in [1.29, 1.82) is 0 Å². The first-order valence-electron chi connectivity index (χ1n) is 6.01. The largest absolute Gasteiger partial charge is 0.480 e. The van der Waals surface area contributed by atoms with Crippen LogP contribution in [-0.4, -0.2) is 22.2 Å². The van der Waals surface area contributed by atoms with E-state index in [-0.39, 0.29) is 12.8 Å². The molecule has 0 aliphatic heterocycles. The van der Waals surface area contributed by atoms with E-state index in [1.54, 1.807) is 0 Å². The van der Waals surface area contributed by atoms with Crippen LogP contribution in [0, 0.1) is 5.41 Å². The molecule has 4 nitrogen and oxygen atoms in total. The van der Waals surface area contributed by atoms with E-state index in [2.05, 4.69) is 0 Å². The Bertz CT molecular complexity index is 646. The Kier molecular flexibility index (Phi) is 2.35. The zero-order valence-corrected chi connectivity index (χ0v) is 10.1. The summed E-state index contributed by atoms with van der Waals surface area (Å²) in [6.45, 7) is 0. The minimum Gasteiger partial charge on any atom is -0.480 e. The molecule has 2 aromatic rings. The number of hydrogen-bond acceptors (Lipinski definition) is 2. The van der Waals surface area contributed by atoms with Gasteiger partial charge in [-0.3, -0.25) is 9.59 Å². The molecule has 0 saturated heterocycles. The molecule has 4 heteroatoms. The third-order valence-corrected chi connectivity index (χ3v) is 3.88. The van der Waals surface area contributed by atoms with Crippen LogP contribution in [0.3, 0.4) is 0 Å². The third-order valence-electron chi connectivity index (χ3n) is 3.88. The standard InChI is InChI=1S/C15H12O4/c16-13(17)15(14(18)19)7-10-5-1-3-9-4-2-6-11(8-15)12(9)10/h1-6H,7-8H2,(H,16,17)(H,18,19). The van der Waals surface area contributed by atoms with Crippen LogP contribution in [0.15, 0.2) is 36.4 Å². The number of benzene rings is 2. The minimum atomic E-state index is -1.75. The number of aliphatic carboxylic acids is 2. The van der Waals surface area contributed by atoms with Gasteiger partial charge in [0.15, 0.2) is 5.41 Å². The van der Waals surface area contributed by atoms with Crippen LogP contribution in [-0.2, 0) is 22.4 Å². The van der Waals surface area contributed by atoms with Crippen molar-refractivity contribution in [3.8, 4) is 0 Å². The smallest absolute Gasteiger partial charge is 0.321 e. The Morgan fingerprint density at radius 3 is 1.79 bits per heavy atom. The van der Waals surface area contributed by atoms with Gasteiger partial charge in [0.2, 0.25) is 0 Å². The second-order valence-corrected chi connectivity index (χ2v) is 4.98. The van der Waals surface area contributed by atoms with Gasteiger partial charge in [0.25, 0.3) is 0 Å². The fraction of sp³-hybridized carbons (Fsp3) is 0.200. The van der Waals surface area contributed by atoms with Crippen LogP contribution in [0.5, 0.6) is 0 Å². The van der Waals surface area contributed by atoms with Crippen molar-refractivity contribution in [3.05, 3.63) is 47.5 Å².